The minimum atomic E-state index is -0.556. The molecule has 0 radical (unpaired) electrons. The van der Waals surface area contributed by atoms with Gasteiger partial charge in [-0.3, -0.25) is 15.0 Å². The smallest absolute Gasteiger partial charge is 0.260 e. The van der Waals surface area contributed by atoms with Crippen LogP contribution in [0.2, 0.25) is 0 Å². The molecule has 2 atom stereocenters. The van der Waals surface area contributed by atoms with Crippen LogP contribution in [-0.4, -0.2) is 28.9 Å². The number of piperidine rings is 1. The summed E-state index contributed by atoms with van der Waals surface area (Å²) in [6.07, 6.45) is 1.27. The minimum Gasteiger partial charge on any atom is -0.298 e. The molecule has 1 aliphatic rings. The maximum Gasteiger partial charge on any atom is 0.260 e. The third-order valence-corrected chi connectivity index (χ3v) is 5.58. The van der Waals surface area contributed by atoms with E-state index in [9.17, 15) is 9.18 Å². The number of nitrogens with zero attached hydrogens (tertiary/aromatic N) is 2. The predicted molar refractivity (Wildman–Crippen MR) is 102 cm³/mol. The number of rotatable bonds is 4. The van der Waals surface area contributed by atoms with E-state index in [0.717, 1.165) is 25.3 Å². The number of likely N-dealkylation sites (tertiary alicyclic amines) is 1. The Morgan fingerprint density at radius 2 is 2.12 bits per heavy atom. The molecular weight excluding hydrogens is 405 g/mol. The van der Waals surface area contributed by atoms with Crippen LogP contribution in [0.25, 0.3) is 0 Å². The minimum absolute atomic E-state index is 0.0126. The van der Waals surface area contributed by atoms with Gasteiger partial charge in [-0.25, -0.2) is 9.37 Å². The van der Waals surface area contributed by atoms with Crippen molar-refractivity contribution in [2.24, 2.45) is 11.8 Å². The molecule has 25 heavy (non-hydrogen) atoms. The lowest BCUT2D eigenvalue weighted by atomic mass is 9.92. The zero-order valence-electron chi connectivity index (χ0n) is 14.3. The van der Waals surface area contributed by atoms with E-state index in [0.29, 0.717) is 21.4 Å². The van der Waals surface area contributed by atoms with Crippen molar-refractivity contribution in [3.05, 3.63) is 45.1 Å². The summed E-state index contributed by atoms with van der Waals surface area (Å²) in [7, 11) is 0. The van der Waals surface area contributed by atoms with Gasteiger partial charge in [-0.2, -0.15) is 0 Å². The molecular formula is C18H21BrFN3OS. The first-order chi connectivity index (χ1) is 11.9. The van der Waals surface area contributed by atoms with Crippen molar-refractivity contribution < 1.29 is 9.18 Å². The number of halogens is 2. The Morgan fingerprint density at radius 1 is 1.40 bits per heavy atom. The van der Waals surface area contributed by atoms with Crippen molar-refractivity contribution in [2.75, 3.05) is 18.4 Å². The molecule has 1 fully saturated rings. The maximum atomic E-state index is 13.9. The molecule has 7 heteroatoms. The van der Waals surface area contributed by atoms with Crippen molar-refractivity contribution in [2.45, 2.75) is 26.8 Å². The van der Waals surface area contributed by atoms with E-state index in [1.54, 1.807) is 6.07 Å². The summed E-state index contributed by atoms with van der Waals surface area (Å²) in [5.74, 6) is 0.356. The molecule has 0 aliphatic carbocycles. The number of carbonyl (C=O) groups excluding carboxylic acids is 1. The summed E-state index contributed by atoms with van der Waals surface area (Å²) in [5, 5.41) is 5.14. The second-order valence-electron chi connectivity index (χ2n) is 6.86. The number of thiazole rings is 1. The fraction of sp³-hybridized carbons (Fsp3) is 0.444. The lowest BCUT2D eigenvalue weighted by Gasteiger charge is -2.34. The Hall–Kier alpha value is -1.31. The lowest BCUT2D eigenvalue weighted by Crippen LogP contribution is -2.38. The molecule has 0 saturated carbocycles. The molecule has 134 valence electrons. The molecule has 2 heterocycles. The van der Waals surface area contributed by atoms with Crippen LogP contribution in [0.1, 0.15) is 36.3 Å². The maximum absolute atomic E-state index is 13.9. The molecule has 0 unspecified atom stereocenters. The zero-order valence-corrected chi connectivity index (χ0v) is 16.7. The van der Waals surface area contributed by atoms with Crippen LogP contribution < -0.4 is 5.32 Å². The summed E-state index contributed by atoms with van der Waals surface area (Å²) < 4.78 is 14.5. The number of anilines is 1. The normalized spacial score (nSPS) is 21.3. The molecule has 1 amide bonds. The molecule has 1 aliphatic heterocycles. The standard InChI is InChI=1S/C18H21BrFN3OS/c1-11-5-12(2)8-23(7-11)9-14-10-25-18(21-14)22-17(24)15-4-3-13(19)6-16(15)20/h3-4,6,10-12H,5,7-9H2,1-2H3,(H,21,22,24)/t11-,12-/m1/s1. The van der Waals surface area contributed by atoms with Gasteiger partial charge in [0.15, 0.2) is 5.13 Å². The van der Waals surface area contributed by atoms with Gasteiger partial charge in [0, 0.05) is 29.5 Å². The molecule has 1 aromatic heterocycles. The second-order valence-corrected chi connectivity index (χ2v) is 8.64. The van der Waals surface area contributed by atoms with Crippen molar-refractivity contribution in [1.82, 2.24) is 9.88 Å². The van der Waals surface area contributed by atoms with Crippen LogP contribution in [0.5, 0.6) is 0 Å². The van der Waals surface area contributed by atoms with Gasteiger partial charge < -0.3 is 0 Å². The molecule has 0 bridgehead atoms. The molecule has 3 rings (SSSR count). The highest BCUT2D eigenvalue weighted by Gasteiger charge is 2.22. The van der Waals surface area contributed by atoms with Gasteiger partial charge in [0.2, 0.25) is 0 Å². The van der Waals surface area contributed by atoms with Crippen LogP contribution in [-0.2, 0) is 6.54 Å². The number of carbonyl (C=O) groups is 1. The van der Waals surface area contributed by atoms with E-state index in [-0.39, 0.29) is 5.56 Å². The third kappa shape index (κ3) is 4.86. The number of amides is 1. The van der Waals surface area contributed by atoms with E-state index >= 15 is 0 Å². The van der Waals surface area contributed by atoms with E-state index in [2.05, 4.69) is 45.0 Å². The van der Waals surface area contributed by atoms with Crippen molar-refractivity contribution >= 4 is 38.3 Å². The van der Waals surface area contributed by atoms with Crippen LogP contribution in [0.4, 0.5) is 9.52 Å². The van der Waals surface area contributed by atoms with Crippen molar-refractivity contribution in [3.8, 4) is 0 Å². The highest BCUT2D eigenvalue weighted by molar-refractivity contribution is 9.10. The van der Waals surface area contributed by atoms with Gasteiger partial charge in [-0.1, -0.05) is 29.8 Å². The first-order valence-corrected chi connectivity index (χ1v) is 10.0. The molecule has 4 nitrogen and oxygen atoms in total. The molecule has 1 N–H and O–H groups in total. The summed E-state index contributed by atoms with van der Waals surface area (Å²) in [5.41, 5.74) is 0.955. The number of nitrogens with one attached hydrogen (secondary N) is 1. The van der Waals surface area contributed by atoms with E-state index < -0.39 is 11.7 Å². The SMILES string of the molecule is C[C@@H]1C[C@@H](C)CN(Cc2csc(NC(=O)c3ccc(Br)cc3F)n2)C1. The largest absolute Gasteiger partial charge is 0.298 e. The summed E-state index contributed by atoms with van der Waals surface area (Å²) >= 11 is 4.55. The zero-order chi connectivity index (χ0) is 18.0. The average Bonchev–Trinajstić information content (AvgIpc) is 2.92. The summed E-state index contributed by atoms with van der Waals surface area (Å²) in [6.45, 7) is 7.50. The fourth-order valence-electron chi connectivity index (χ4n) is 3.43. The Balaban J connectivity index is 1.62. The summed E-state index contributed by atoms with van der Waals surface area (Å²) in [4.78, 5) is 19.1. The number of aromatic nitrogens is 1. The monoisotopic (exact) mass is 425 g/mol. The first-order valence-electron chi connectivity index (χ1n) is 8.34. The van der Waals surface area contributed by atoms with E-state index in [1.165, 1.54) is 29.9 Å². The van der Waals surface area contributed by atoms with Crippen LogP contribution in [0.3, 0.4) is 0 Å². The van der Waals surface area contributed by atoms with E-state index in [4.69, 9.17) is 0 Å². The Kier molecular flexibility index (Phi) is 5.86. The van der Waals surface area contributed by atoms with Crippen molar-refractivity contribution in [3.63, 3.8) is 0 Å². The first kappa shape index (κ1) is 18.5. The average molecular weight is 426 g/mol. The molecule has 1 aromatic carbocycles. The fourth-order valence-corrected chi connectivity index (χ4v) is 4.45. The highest BCUT2D eigenvalue weighted by atomic mass is 79.9. The Labute approximate surface area is 159 Å². The quantitative estimate of drug-likeness (QED) is 0.766. The van der Waals surface area contributed by atoms with Gasteiger partial charge in [0.25, 0.3) is 5.91 Å². The van der Waals surface area contributed by atoms with Gasteiger partial charge in [-0.05, 0) is 36.5 Å². The Morgan fingerprint density at radius 3 is 2.80 bits per heavy atom. The highest BCUT2D eigenvalue weighted by Crippen LogP contribution is 2.24. The van der Waals surface area contributed by atoms with Gasteiger partial charge in [-0.15, -0.1) is 11.3 Å². The van der Waals surface area contributed by atoms with Crippen LogP contribution >= 0.6 is 27.3 Å². The lowest BCUT2D eigenvalue weighted by molar-refractivity contribution is 0.102. The molecule has 0 spiro atoms. The third-order valence-electron chi connectivity index (χ3n) is 4.28. The van der Waals surface area contributed by atoms with Gasteiger partial charge in [0.1, 0.15) is 5.82 Å². The van der Waals surface area contributed by atoms with Crippen molar-refractivity contribution in [1.29, 1.82) is 0 Å². The van der Waals surface area contributed by atoms with Gasteiger partial charge >= 0.3 is 0 Å². The number of hydrogen-bond donors (Lipinski definition) is 1. The topological polar surface area (TPSA) is 45.2 Å². The van der Waals surface area contributed by atoms with E-state index in [1.807, 2.05) is 5.38 Å². The van der Waals surface area contributed by atoms with Crippen LogP contribution in [0.15, 0.2) is 28.1 Å². The second kappa shape index (κ2) is 7.93. The van der Waals surface area contributed by atoms with Crippen LogP contribution in [0, 0.1) is 17.7 Å². The Bertz CT molecular complexity index is 757. The number of hydrogen-bond acceptors (Lipinski definition) is 4. The number of benzene rings is 1. The molecule has 1 saturated heterocycles. The van der Waals surface area contributed by atoms with Gasteiger partial charge in [0.05, 0.1) is 11.3 Å². The summed E-state index contributed by atoms with van der Waals surface area (Å²) in [6, 6.07) is 4.38. The predicted octanol–water partition coefficient (Wildman–Crippen LogP) is 4.77. The molecule has 2 aromatic rings.